The van der Waals surface area contributed by atoms with Crippen LogP contribution in [0.2, 0.25) is 0 Å². The van der Waals surface area contributed by atoms with Crippen molar-refractivity contribution in [3.8, 4) is 11.4 Å². The van der Waals surface area contributed by atoms with E-state index in [0.29, 0.717) is 18.9 Å². The number of fused-ring (bicyclic) bond motifs is 1. The zero-order chi connectivity index (χ0) is 18.3. The van der Waals surface area contributed by atoms with Crippen LogP contribution < -0.4 is 10.6 Å². The molecule has 0 aromatic carbocycles. The molecule has 136 valence electrons. The van der Waals surface area contributed by atoms with E-state index >= 15 is 0 Å². The van der Waals surface area contributed by atoms with Gasteiger partial charge >= 0.3 is 0 Å². The van der Waals surface area contributed by atoms with Crippen LogP contribution in [0.25, 0.3) is 17.0 Å². The van der Waals surface area contributed by atoms with E-state index in [9.17, 15) is 4.39 Å². The minimum absolute atomic E-state index is 0.0574. The monoisotopic (exact) mass is 354 g/mol. The van der Waals surface area contributed by atoms with E-state index in [4.69, 9.17) is 0 Å². The van der Waals surface area contributed by atoms with Crippen LogP contribution in [0.15, 0.2) is 36.8 Å². The second-order valence-corrected chi connectivity index (χ2v) is 7.73. The van der Waals surface area contributed by atoms with Gasteiger partial charge in [-0.1, -0.05) is 26.8 Å². The molecule has 2 N–H and O–H groups in total. The smallest absolute Gasteiger partial charge is 0.155 e. The third-order valence-corrected chi connectivity index (χ3v) is 4.65. The number of halogens is 1. The molecule has 6 nitrogen and oxygen atoms in total. The average Bonchev–Trinajstić information content (AvgIpc) is 3.20. The minimum atomic E-state index is -0.906. The van der Waals surface area contributed by atoms with E-state index < -0.39 is 6.17 Å². The third-order valence-electron chi connectivity index (χ3n) is 4.65. The fraction of sp³-hybridized carbons (Fsp3) is 0.421. The van der Waals surface area contributed by atoms with Gasteiger partial charge in [-0.15, -0.1) is 0 Å². The summed E-state index contributed by atoms with van der Waals surface area (Å²) in [6.45, 7) is 7.37. The van der Waals surface area contributed by atoms with Gasteiger partial charge in [0.05, 0.1) is 35.5 Å². The fourth-order valence-corrected chi connectivity index (χ4v) is 3.10. The average molecular weight is 354 g/mol. The number of rotatable bonds is 3. The number of anilines is 1. The Morgan fingerprint density at radius 3 is 2.77 bits per heavy atom. The molecule has 1 aliphatic rings. The summed E-state index contributed by atoms with van der Waals surface area (Å²) in [5.74, 6) is 0.666. The summed E-state index contributed by atoms with van der Waals surface area (Å²) in [5.41, 5.74) is 3.37. The zero-order valence-electron chi connectivity index (χ0n) is 15.2. The molecule has 0 aliphatic carbocycles. The fourth-order valence-electron chi connectivity index (χ4n) is 3.10. The summed E-state index contributed by atoms with van der Waals surface area (Å²) < 4.78 is 15.8. The molecule has 0 bridgehead atoms. The number of hydrogen-bond donors (Lipinski definition) is 2. The zero-order valence-corrected chi connectivity index (χ0v) is 15.2. The Morgan fingerprint density at radius 2 is 2.04 bits per heavy atom. The molecule has 7 heteroatoms. The van der Waals surface area contributed by atoms with Crippen LogP contribution in [0.4, 0.5) is 10.2 Å². The lowest BCUT2D eigenvalue weighted by Crippen LogP contribution is -2.29. The first-order valence-electron chi connectivity index (χ1n) is 8.84. The lowest BCUT2D eigenvalue weighted by molar-refractivity contribution is 0.342. The maximum absolute atomic E-state index is 13.8. The molecule has 2 atom stereocenters. The number of pyridine rings is 1. The second kappa shape index (κ2) is 6.32. The lowest BCUT2D eigenvalue weighted by Gasteiger charge is -2.18. The minimum Gasteiger partial charge on any atom is -0.363 e. The van der Waals surface area contributed by atoms with Gasteiger partial charge in [-0.25, -0.2) is 14.4 Å². The second-order valence-electron chi connectivity index (χ2n) is 7.73. The van der Waals surface area contributed by atoms with E-state index in [1.807, 2.05) is 28.8 Å². The predicted octanol–water partition coefficient (Wildman–Crippen LogP) is 2.81. The van der Waals surface area contributed by atoms with Crippen molar-refractivity contribution >= 4 is 11.5 Å². The third kappa shape index (κ3) is 3.14. The molecular formula is C19H23FN6. The Kier molecular flexibility index (Phi) is 4.11. The van der Waals surface area contributed by atoms with E-state index in [-0.39, 0.29) is 11.5 Å². The van der Waals surface area contributed by atoms with Crippen molar-refractivity contribution in [1.82, 2.24) is 24.7 Å². The van der Waals surface area contributed by atoms with Crippen LogP contribution in [0.5, 0.6) is 0 Å². The van der Waals surface area contributed by atoms with Gasteiger partial charge in [0.2, 0.25) is 0 Å². The number of aromatic nitrogens is 4. The first-order chi connectivity index (χ1) is 12.4. The van der Waals surface area contributed by atoms with Gasteiger partial charge < -0.3 is 10.6 Å². The SMILES string of the molecule is CC(C)(C)c1cn2c(-c3cccc(N[C@H]4CNC[C@@H]4F)n3)cnc2cn1. The summed E-state index contributed by atoms with van der Waals surface area (Å²) in [5, 5.41) is 6.23. The maximum Gasteiger partial charge on any atom is 0.155 e. The molecule has 26 heavy (non-hydrogen) atoms. The number of imidazole rings is 1. The van der Waals surface area contributed by atoms with E-state index in [0.717, 1.165) is 22.7 Å². The summed E-state index contributed by atoms with van der Waals surface area (Å²) in [6, 6.07) is 5.47. The molecule has 1 saturated heterocycles. The largest absolute Gasteiger partial charge is 0.363 e. The van der Waals surface area contributed by atoms with Crippen molar-refractivity contribution in [3.63, 3.8) is 0 Å². The molecule has 1 aliphatic heterocycles. The van der Waals surface area contributed by atoms with Crippen LogP contribution >= 0.6 is 0 Å². The topological polar surface area (TPSA) is 67.1 Å². The maximum atomic E-state index is 13.8. The van der Waals surface area contributed by atoms with Crippen molar-refractivity contribution in [2.75, 3.05) is 18.4 Å². The van der Waals surface area contributed by atoms with Gasteiger partial charge in [-0.3, -0.25) is 9.38 Å². The number of nitrogens with one attached hydrogen (secondary N) is 2. The Labute approximate surface area is 151 Å². The number of nitrogens with zero attached hydrogens (tertiary/aromatic N) is 4. The van der Waals surface area contributed by atoms with E-state index in [2.05, 4.69) is 46.4 Å². The Bertz CT molecular complexity index is 929. The molecule has 0 saturated carbocycles. The number of alkyl halides is 1. The van der Waals surface area contributed by atoms with Gasteiger partial charge in [0.25, 0.3) is 0 Å². The van der Waals surface area contributed by atoms with Crippen molar-refractivity contribution in [2.45, 2.75) is 38.4 Å². The molecular weight excluding hydrogens is 331 g/mol. The van der Waals surface area contributed by atoms with Crippen LogP contribution in [0.3, 0.4) is 0 Å². The highest BCUT2D eigenvalue weighted by molar-refractivity contribution is 5.61. The van der Waals surface area contributed by atoms with Gasteiger partial charge in [0.1, 0.15) is 12.0 Å². The highest BCUT2D eigenvalue weighted by Gasteiger charge is 2.26. The molecule has 1 fully saturated rings. The van der Waals surface area contributed by atoms with Gasteiger partial charge in [0, 0.05) is 24.7 Å². The molecule has 0 radical (unpaired) electrons. The lowest BCUT2D eigenvalue weighted by atomic mass is 9.93. The Balaban J connectivity index is 1.70. The standard InChI is InChI=1S/C19H23FN6/c1-19(2,3)16-11-26-15(9-23-18(26)10-22-16)13-5-4-6-17(24-13)25-14-8-21-7-12(14)20/h4-6,9-12,14,21H,7-8H2,1-3H3,(H,24,25)/t12-,14-/m0/s1. The number of hydrogen-bond acceptors (Lipinski definition) is 5. The summed E-state index contributed by atoms with van der Waals surface area (Å²) in [7, 11) is 0. The normalized spacial score (nSPS) is 20.6. The van der Waals surface area contributed by atoms with Gasteiger partial charge in [-0.05, 0) is 12.1 Å². The molecule has 3 aromatic heterocycles. The highest BCUT2D eigenvalue weighted by atomic mass is 19.1. The summed E-state index contributed by atoms with van der Waals surface area (Å²) >= 11 is 0. The molecule has 0 amide bonds. The Hall–Kier alpha value is -2.54. The van der Waals surface area contributed by atoms with Crippen molar-refractivity contribution in [3.05, 3.63) is 42.5 Å². The van der Waals surface area contributed by atoms with Crippen molar-refractivity contribution in [1.29, 1.82) is 0 Å². The van der Waals surface area contributed by atoms with E-state index in [1.54, 1.807) is 12.4 Å². The highest BCUT2D eigenvalue weighted by Crippen LogP contribution is 2.25. The molecule has 0 spiro atoms. The predicted molar refractivity (Wildman–Crippen MR) is 100 cm³/mol. The quantitative estimate of drug-likeness (QED) is 0.757. The summed E-state index contributed by atoms with van der Waals surface area (Å²) in [6.07, 6.45) is 4.68. The molecule has 4 heterocycles. The van der Waals surface area contributed by atoms with Crippen molar-refractivity contribution < 1.29 is 4.39 Å². The molecule has 4 rings (SSSR count). The van der Waals surface area contributed by atoms with Crippen LogP contribution in [0, 0.1) is 0 Å². The van der Waals surface area contributed by atoms with Crippen LogP contribution in [-0.2, 0) is 5.41 Å². The Morgan fingerprint density at radius 1 is 1.19 bits per heavy atom. The summed E-state index contributed by atoms with van der Waals surface area (Å²) in [4.78, 5) is 13.6. The van der Waals surface area contributed by atoms with Crippen LogP contribution in [-0.4, -0.2) is 44.7 Å². The first-order valence-corrected chi connectivity index (χ1v) is 8.84. The van der Waals surface area contributed by atoms with Gasteiger partial charge in [-0.2, -0.15) is 0 Å². The molecule has 3 aromatic rings. The van der Waals surface area contributed by atoms with Crippen molar-refractivity contribution in [2.24, 2.45) is 0 Å². The van der Waals surface area contributed by atoms with E-state index in [1.165, 1.54) is 0 Å². The first kappa shape index (κ1) is 16.9. The molecule has 0 unspecified atom stereocenters. The van der Waals surface area contributed by atoms with Gasteiger partial charge in [0.15, 0.2) is 5.65 Å². The van der Waals surface area contributed by atoms with Crippen LogP contribution in [0.1, 0.15) is 26.5 Å².